The molecule has 0 fully saturated rings. The second-order valence-electron chi connectivity index (χ2n) is 3.13. The van der Waals surface area contributed by atoms with Gasteiger partial charge in [0.2, 0.25) is 0 Å². The molecule has 0 aliphatic rings. The zero-order valence-corrected chi connectivity index (χ0v) is 7.88. The molecule has 0 aliphatic carbocycles. The molecule has 3 heteroatoms. The highest BCUT2D eigenvalue weighted by Crippen LogP contribution is 2.25. The zero-order chi connectivity index (χ0) is 9.90. The second-order valence-corrected chi connectivity index (χ2v) is 3.13. The van der Waals surface area contributed by atoms with Gasteiger partial charge in [-0.05, 0) is 24.6 Å². The van der Waals surface area contributed by atoms with E-state index in [0.29, 0.717) is 5.56 Å². The molecule has 2 N–H and O–H groups in total. The number of ether oxygens (including phenoxy) is 1. The monoisotopic (exact) mass is 183 g/mol. The van der Waals surface area contributed by atoms with Gasteiger partial charge in [0.15, 0.2) is 0 Å². The predicted octanol–water partition coefficient (Wildman–Crippen LogP) is 1.84. The molecule has 1 aromatic carbocycles. The third kappa shape index (κ3) is 2.18. The van der Waals surface area contributed by atoms with Crippen LogP contribution in [0.3, 0.4) is 0 Å². The number of alkyl halides is 1. The van der Waals surface area contributed by atoms with Gasteiger partial charge >= 0.3 is 0 Å². The van der Waals surface area contributed by atoms with E-state index >= 15 is 0 Å². The van der Waals surface area contributed by atoms with E-state index in [-0.39, 0.29) is 6.54 Å². The largest absolute Gasteiger partial charge is 0.497 e. The van der Waals surface area contributed by atoms with E-state index < -0.39 is 5.67 Å². The molecule has 0 saturated carbocycles. The molecule has 13 heavy (non-hydrogen) atoms. The Hall–Kier alpha value is -1.09. The first-order chi connectivity index (χ1) is 6.10. The van der Waals surface area contributed by atoms with Crippen molar-refractivity contribution < 1.29 is 9.13 Å². The van der Waals surface area contributed by atoms with Gasteiger partial charge in [-0.25, -0.2) is 4.39 Å². The lowest BCUT2D eigenvalue weighted by molar-refractivity contribution is 0.203. The second kappa shape index (κ2) is 3.75. The van der Waals surface area contributed by atoms with Gasteiger partial charge in [0.25, 0.3) is 0 Å². The Morgan fingerprint density at radius 2 is 1.92 bits per heavy atom. The predicted molar refractivity (Wildman–Crippen MR) is 50.5 cm³/mol. The summed E-state index contributed by atoms with van der Waals surface area (Å²) < 4.78 is 18.6. The van der Waals surface area contributed by atoms with Gasteiger partial charge in [0.1, 0.15) is 11.4 Å². The van der Waals surface area contributed by atoms with Crippen LogP contribution in [-0.4, -0.2) is 13.7 Å². The fraction of sp³-hybridized carbons (Fsp3) is 0.400. The van der Waals surface area contributed by atoms with E-state index in [4.69, 9.17) is 10.5 Å². The maximum absolute atomic E-state index is 13.6. The van der Waals surface area contributed by atoms with Crippen LogP contribution in [0.1, 0.15) is 12.5 Å². The highest BCUT2D eigenvalue weighted by Gasteiger charge is 2.23. The summed E-state index contributed by atoms with van der Waals surface area (Å²) in [6, 6.07) is 6.82. The van der Waals surface area contributed by atoms with E-state index in [1.807, 2.05) is 0 Å². The van der Waals surface area contributed by atoms with Gasteiger partial charge in [-0.15, -0.1) is 0 Å². The Morgan fingerprint density at radius 3 is 2.31 bits per heavy atom. The topological polar surface area (TPSA) is 35.2 Å². The standard InChI is InChI=1S/C10H14FNO/c1-10(11,7-12)8-3-5-9(13-2)6-4-8/h3-6H,7,12H2,1-2H3/t10-/m0/s1. The smallest absolute Gasteiger partial charge is 0.145 e. The Bertz CT molecular complexity index is 269. The van der Waals surface area contributed by atoms with Crippen molar-refractivity contribution in [2.75, 3.05) is 13.7 Å². The average molecular weight is 183 g/mol. The first-order valence-electron chi connectivity index (χ1n) is 4.13. The van der Waals surface area contributed by atoms with Crippen molar-refractivity contribution in [3.05, 3.63) is 29.8 Å². The SMILES string of the molecule is COc1ccc([C@@](C)(F)CN)cc1. The molecule has 0 bridgehead atoms. The maximum Gasteiger partial charge on any atom is 0.145 e. The summed E-state index contributed by atoms with van der Waals surface area (Å²) in [7, 11) is 1.58. The van der Waals surface area contributed by atoms with E-state index in [9.17, 15) is 4.39 Å². The number of benzene rings is 1. The van der Waals surface area contributed by atoms with Crippen LogP contribution in [0, 0.1) is 0 Å². The van der Waals surface area contributed by atoms with Gasteiger partial charge in [0, 0.05) is 6.54 Å². The van der Waals surface area contributed by atoms with Gasteiger partial charge in [0.05, 0.1) is 7.11 Å². The van der Waals surface area contributed by atoms with Crippen molar-refractivity contribution in [1.82, 2.24) is 0 Å². The molecule has 1 atom stereocenters. The molecule has 0 unspecified atom stereocenters. The van der Waals surface area contributed by atoms with Crippen LogP contribution >= 0.6 is 0 Å². The summed E-state index contributed by atoms with van der Waals surface area (Å²) in [6.45, 7) is 1.45. The van der Waals surface area contributed by atoms with E-state index in [1.54, 1.807) is 31.4 Å². The van der Waals surface area contributed by atoms with Gasteiger partial charge < -0.3 is 10.5 Å². The van der Waals surface area contributed by atoms with Crippen molar-refractivity contribution >= 4 is 0 Å². The summed E-state index contributed by atoms with van der Waals surface area (Å²) in [5, 5.41) is 0. The molecule has 1 aromatic rings. The summed E-state index contributed by atoms with van der Waals surface area (Å²) in [5.74, 6) is 0.719. The summed E-state index contributed by atoms with van der Waals surface area (Å²) >= 11 is 0. The Balaban J connectivity index is 2.92. The summed E-state index contributed by atoms with van der Waals surface area (Å²) in [5.41, 5.74) is 4.43. The summed E-state index contributed by atoms with van der Waals surface area (Å²) in [4.78, 5) is 0. The quantitative estimate of drug-likeness (QED) is 0.776. The lowest BCUT2D eigenvalue weighted by Gasteiger charge is -2.18. The molecular formula is C10H14FNO. The molecule has 0 aromatic heterocycles. The summed E-state index contributed by atoms with van der Waals surface area (Å²) in [6.07, 6.45) is 0. The minimum Gasteiger partial charge on any atom is -0.497 e. The molecule has 0 aliphatic heterocycles. The highest BCUT2D eigenvalue weighted by molar-refractivity contribution is 5.30. The van der Waals surface area contributed by atoms with Crippen LogP contribution in [0.15, 0.2) is 24.3 Å². The van der Waals surface area contributed by atoms with Crippen LogP contribution in [0.5, 0.6) is 5.75 Å². The molecule has 0 amide bonds. The Morgan fingerprint density at radius 1 is 1.38 bits per heavy atom. The number of nitrogens with two attached hydrogens (primary N) is 1. The first-order valence-corrected chi connectivity index (χ1v) is 4.13. The van der Waals surface area contributed by atoms with Gasteiger partial charge in [-0.2, -0.15) is 0 Å². The van der Waals surface area contributed by atoms with Crippen molar-refractivity contribution in [3.63, 3.8) is 0 Å². The normalized spacial score (nSPS) is 15.1. The van der Waals surface area contributed by atoms with Crippen molar-refractivity contribution in [2.45, 2.75) is 12.6 Å². The van der Waals surface area contributed by atoms with Crippen molar-refractivity contribution in [2.24, 2.45) is 5.73 Å². The molecule has 0 radical (unpaired) electrons. The minimum atomic E-state index is -1.45. The van der Waals surface area contributed by atoms with Crippen molar-refractivity contribution in [3.8, 4) is 5.75 Å². The number of halogens is 1. The lowest BCUT2D eigenvalue weighted by Crippen LogP contribution is -2.26. The first kappa shape index (κ1) is 9.99. The molecular weight excluding hydrogens is 169 g/mol. The van der Waals surface area contributed by atoms with E-state index in [1.165, 1.54) is 6.92 Å². The minimum absolute atomic E-state index is 0.0146. The van der Waals surface area contributed by atoms with Gasteiger partial charge in [-0.1, -0.05) is 12.1 Å². The maximum atomic E-state index is 13.6. The molecule has 1 rings (SSSR count). The average Bonchev–Trinajstić information content (AvgIpc) is 2.18. The highest BCUT2D eigenvalue weighted by atomic mass is 19.1. The van der Waals surface area contributed by atoms with Crippen LogP contribution < -0.4 is 10.5 Å². The van der Waals surface area contributed by atoms with Crippen molar-refractivity contribution in [1.29, 1.82) is 0 Å². The van der Waals surface area contributed by atoms with E-state index in [2.05, 4.69) is 0 Å². The number of methoxy groups -OCH3 is 1. The molecule has 72 valence electrons. The Kier molecular flexibility index (Phi) is 2.88. The van der Waals surface area contributed by atoms with Crippen LogP contribution in [0.2, 0.25) is 0 Å². The van der Waals surface area contributed by atoms with E-state index in [0.717, 1.165) is 5.75 Å². The van der Waals surface area contributed by atoms with Gasteiger partial charge in [-0.3, -0.25) is 0 Å². The molecule has 0 heterocycles. The third-order valence-electron chi connectivity index (χ3n) is 2.08. The van der Waals surface area contributed by atoms with Crippen LogP contribution in [0.4, 0.5) is 4.39 Å². The Labute approximate surface area is 77.5 Å². The number of rotatable bonds is 3. The molecule has 2 nitrogen and oxygen atoms in total. The molecule has 0 spiro atoms. The molecule has 0 saturated heterocycles. The third-order valence-corrected chi connectivity index (χ3v) is 2.08. The number of hydrogen-bond acceptors (Lipinski definition) is 2. The fourth-order valence-corrected chi connectivity index (χ4v) is 1.06. The lowest BCUT2D eigenvalue weighted by atomic mass is 9.98. The number of hydrogen-bond donors (Lipinski definition) is 1. The fourth-order valence-electron chi connectivity index (χ4n) is 1.06. The zero-order valence-electron chi connectivity index (χ0n) is 7.88. The van der Waals surface area contributed by atoms with Crippen LogP contribution in [-0.2, 0) is 5.67 Å². The van der Waals surface area contributed by atoms with Crippen LogP contribution in [0.25, 0.3) is 0 Å².